The van der Waals surface area contributed by atoms with Crippen LogP contribution >= 0.6 is 0 Å². The summed E-state index contributed by atoms with van der Waals surface area (Å²) in [5.74, 6) is 0.827. The van der Waals surface area contributed by atoms with Crippen molar-refractivity contribution in [3.63, 3.8) is 0 Å². The minimum absolute atomic E-state index is 0.265. The summed E-state index contributed by atoms with van der Waals surface area (Å²) in [4.78, 5) is 12.6. The number of carbonyl (C=O) groups is 1. The van der Waals surface area contributed by atoms with Crippen molar-refractivity contribution in [2.45, 2.75) is 25.3 Å². The molecule has 1 amide bonds. The Morgan fingerprint density at radius 3 is 2.76 bits per heavy atom. The number of amides is 1. The lowest BCUT2D eigenvalue weighted by molar-refractivity contribution is 0.132. The minimum atomic E-state index is -0.860. The Bertz CT molecular complexity index is 893. The summed E-state index contributed by atoms with van der Waals surface area (Å²) >= 11 is 0. The zero-order valence-electron chi connectivity index (χ0n) is 13.7. The molecule has 1 aliphatic rings. The summed E-state index contributed by atoms with van der Waals surface area (Å²) in [6.07, 6.45) is 4.39. The Kier molecular flexibility index (Phi) is 3.95. The van der Waals surface area contributed by atoms with E-state index < -0.39 is 6.09 Å². The second-order valence-electron chi connectivity index (χ2n) is 6.50. The summed E-state index contributed by atoms with van der Waals surface area (Å²) in [7, 11) is 0. The molecule has 2 aromatic heterocycles. The van der Waals surface area contributed by atoms with E-state index in [4.69, 9.17) is 9.52 Å². The van der Waals surface area contributed by atoms with Gasteiger partial charge in [0.1, 0.15) is 11.6 Å². The van der Waals surface area contributed by atoms with Crippen molar-refractivity contribution in [2.75, 3.05) is 13.1 Å². The molecule has 1 fully saturated rings. The summed E-state index contributed by atoms with van der Waals surface area (Å²) in [5.41, 5.74) is 2.00. The van der Waals surface area contributed by atoms with E-state index in [0.717, 1.165) is 35.1 Å². The van der Waals surface area contributed by atoms with E-state index in [-0.39, 0.29) is 11.7 Å². The monoisotopic (exact) mass is 342 g/mol. The number of nitrogens with zero attached hydrogens (tertiary/aromatic N) is 2. The molecular formula is C19H19FN2O3. The first kappa shape index (κ1) is 15.7. The Hall–Kier alpha value is -2.76. The molecule has 1 saturated heterocycles. The lowest BCUT2D eigenvalue weighted by Gasteiger charge is -2.29. The number of likely N-dealkylation sites (tertiary alicyclic amines) is 1. The van der Waals surface area contributed by atoms with E-state index in [9.17, 15) is 9.18 Å². The maximum atomic E-state index is 13.8. The van der Waals surface area contributed by atoms with Crippen LogP contribution in [0.25, 0.3) is 10.9 Å². The Labute approximate surface area is 144 Å². The maximum absolute atomic E-state index is 13.8. The number of furan rings is 1. The van der Waals surface area contributed by atoms with Crippen LogP contribution in [-0.2, 0) is 6.54 Å². The summed E-state index contributed by atoms with van der Waals surface area (Å²) < 4.78 is 21.2. The fourth-order valence-electron chi connectivity index (χ4n) is 3.70. The van der Waals surface area contributed by atoms with E-state index in [1.165, 1.54) is 11.0 Å². The fraction of sp³-hybridized carbons (Fsp3) is 0.316. The number of hydrogen-bond acceptors (Lipinski definition) is 2. The van der Waals surface area contributed by atoms with Crippen molar-refractivity contribution in [1.29, 1.82) is 0 Å². The number of carboxylic acid groups (broad SMARTS) is 1. The number of piperidine rings is 1. The molecule has 0 bridgehead atoms. The second-order valence-corrected chi connectivity index (χ2v) is 6.50. The van der Waals surface area contributed by atoms with Crippen molar-refractivity contribution in [3.05, 3.63) is 59.9 Å². The molecule has 4 rings (SSSR count). The highest BCUT2D eigenvalue weighted by Crippen LogP contribution is 2.35. The molecular weight excluding hydrogens is 323 g/mol. The fourth-order valence-corrected chi connectivity index (χ4v) is 3.70. The van der Waals surface area contributed by atoms with Crippen LogP contribution in [0.1, 0.15) is 30.1 Å². The first-order valence-electron chi connectivity index (χ1n) is 8.40. The van der Waals surface area contributed by atoms with Gasteiger partial charge in [0.15, 0.2) is 0 Å². The van der Waals surface area contributed by atoms with Gasteiger partial charge in [0, 0.05) is 24.7 Å². The highest BCUT2D eigenvalue weighted by atomic mass is 19.1. The van der Waals surface area contributed by atoms with E-state index in [1.807, 2.05) is 22.8 Å². The van der Waals surface area contributed by atoms with Crippen molar-refractivity contribution in [3.8, 4) is 0 Å². The lowest BCUT2D eigenvalue weighted by Crippen LogP contribution is -2.36. The number of hydrogen-bond donors (Lipinski definition) is 1. The Morgan fingerprint density at radius 2 is 2.08 bits per heavy atom. The van der Waals surface area contributed by atoms with Gasteiger partial charge in [-0.05, 0) is 54.7 Å². The lowest BCUT2D eigenvalue weighted by atomic mass is 9.89. The SMILES string of the molecule is O=C(O)N1CCC(c2cn(Cc3ccco3)c3cc(F)ccc23)CC1. The Morgan fingerprint density at radius 1 is 1.28 bits per heavy atom. The van der Waals surface area contributed by atoms with E-state index in [0.29, 0.717) is 19.6 Å². The highest BCUT2D eigenvalue weighted by Gasteiger charge is 2.26. The van der Waals surface area contributed by atoms with Crippen LogP contribution in [-0.4, -0.2) is 33.8 Å². The van der Waals surface area contributed by atoms with E-state index in [2.05, 4.69) is 6.20 Å². The molecule has 0 atom stereocenters. The predicted molar refractivity (Wildman–Crippen MR) is 91.3 cm³/mol. The van der Waals surface area contributed by atoms with Gasteiger partial charge in [0.2, 0.25) is 0 Å². The van der Waals surface area contributed by atoms with Crippen molar-refractivity contribution >= 4 is 17.0 Å². The molecule has 0 unspecified atom stereocenters. The van der Waals surface area contributed by atoms with Gasteiger partial charge in [-0.2, -0.15) is 0 Å². The van der Waals surface area contributed by atoms with Gasteiger partial charge in [-0.15, -0.1) is 0 Å². The van der Waals surface area contributed by atoms with Crippen LogP contribution < -0.4 is 0 Å². The maximum Gasteiger partial charge on any atom is 0.407 e. The quantitative estimate of drug-likeness (QED) is 0.773. The van der Waals surface area contributed by atoms with Crippen LogP contribution in [0, 0.1) is 5.82 Å². The van der Waals surface area contributed by atoms with Crippen LogP contribution in [0.15, 0.2) is 47.2 Å². The molecule has 0 saturated carbocycles. The third-order valence-electron chi connectivity index (χ3n) is 4.99. The Balaban J connectivity index is 1.68. The molecule has 0 aliphatic carbocycles. The average molecular weight is 342 g/mol. The summed E-state index contributed by atoms with van der Waals surface area (Å²) in [6, 6.07) is 8.59. The number of fused-ring (bicyclic) bond motifs is 1. The standard InChI is InChI=1S/C19H19FN2O3/c20-14-3-4-16-17(13-5-7-21(8-6-13)19(23)24)12-22(18(16)10-14)11-15-2-1-9-25-15/h1-4,9-10,12-13H,5-8,11H2,(H,23,24). The highest BCUT2D eigenvalue weighted by molar-refractivity contribution is 5.84. The molecule has 5 nitrogen and oxygen atoms in total. The van der Waals surface area contributed by atoms with Gasteiger partial charge in [0.05, 0.1) is 18.3 Å². The van der Waals surface area contributed by atoms with Gasteiger partial charge < -0.3 is 19.0 Å². The normalized spacial score (nSPS) is 15.8. The molecule has 0 radical (unpaired) electrons. The van der Waals surface area contributed by atoms with E-state index in [1.54, 1.807) is 12.3 Å². The number of rotatable bonds is 3. The topological polar surface area (TPSA) is 58.6 Å². The summed E-state index contributed by atoms with van der Waals surface area (Å²) in [6.45, 7) is 1.61. The number of halogens is 1. The first-order valence-corrected chi connectivity index (χ1v) is 8.40. The summed E-state index contributed by atoms with van der Waals surface area (Å²) in [5, 5.41) is 10.1. The number of aromatic nitrogens is 1. The molecule has 1 N–H and O–H groups in total. The first-order chi connectivity index (χ1) is 12.1. The van der Waals surface area contributed by atoms with Gasteiger partial charge in [-0.1, -0.05) is 0 Å². The van der Waals surface area contributed by atoms with Gasteiger partial charge in [-0.3, -0.25) is 0 Å². The molecule has 130 valence electrons. The van der Waals surface area contributed by atoms with Crippen molar-refractivity contribution in [1.82, 2.24) is 9.47 Å². The smallest absolute Gasteiger partial charge is 0.407 e. The number of benzene rings is 1. The predicted octanol–water partition coefficient (Wildman–Crippen LogP) is 4.28. The van der Waals surface area contributed by atoms with Crippen LogP contribution in [0.5, 0.6) is 0 Å². The molecule has 0 spiro atoms. The molecule has 1 aromatic carbocycles. The van der Waals surface area contributed by atoms with Gasteiger partial charge in [0.25, 0.3) is 0 Å². The third kappa shape index (κ3) is 2.99. The van der Waals surface area contributed by atoms with Gasteiger partial charge >= 0.3 is 6.09 Å². The largest absolute Gasteiger partial charge is 0.467 e. The van der Waals surface area contributed by atoms with Gasteiger partial charge in [-0.25, -0.2) is 9.18 Å². The zero-order valence-corrected chi connectivity index (χ0v) is 13.7. The molecule has 6 heteroatoms. The van der Waals surface area contributed by atoms with E-state index >= 15 is 0 Å². The second kappa shape index (κ2) is 6.27. The molecule has 3 heterocycles. The third-order valence-corrected chi connectivity index (χ3v) is 4.99. The van der Waals surface area contributed by atoms with Crippen LogP contribution in [0.3, 0.4) is 0 Å². The van der Waals surface area contributed by atoms with Crippen molar-refractivity contribution in [2.24, 2.45) is 0 Å². The average Bonchev–Trinajstić information content (AvgIpc) is 3.24. The van der Waals surface area contributed by atoms with Crippen LogP contribution in [0.4, 0.5) is 9.18 Å². The molecule has 3 aromatic rings. The van der Waals surface area contributed by atoms with Crippen LogP contribution in [0.2, 0.25) is 0 Å². The molecule has 25 heavy (non-hydrogen) atoms. The minimum Gasteiger partial charge on any atom is -0.467 e. The zero-order chi connectivity index (χ0) is 17.4. The molecule has 1 aliphatic heterocycles. The van der Waals surface area contributed by atoms with Crippen molar-refractivity contribution < 1.29 is 18.7 Å².